The van der Waals surface area contributed by atoms with E-state index in [1.54, 1.807) is 13.2 Å². The molecule has 0 aliphatic heterocycles. The predicted octanol–water partition coefficient (Wildman–Crippen LogP) is 4.53. The van der Waals surface area contributed by atoms with E-state index in [9.17, 15) is 5.26 Å². The lowest BCUT2D eigenvalue weighted by molar-refractivity contribution is 0.416. The van der Waals surface area contributed by atoms with E-state index in [0.717, 1.165) is 11.1 Å². The summed E-state index contributed by atoms with van der Waals surface area (Å²) in [5.74, 6) is 0.843. The molecule has 0 aliphatic rings. The van der Waals surface area contributed by atoms with Crippen LogP contribution < -0.4 is 10.5 Å². The third-order valence-corrected chi connectivity index (χ3v) is 4.04. The summed E-state index contributed by atoms with van der Waals surface area (Å²) in [6, 6.07) is 18.8. The first-order valence-corrected chi connectivity index (χ1v) is 7.62. The van der Waals surface area contributed by atoms with Gasteiger partial charge < -0.3 is 10.5 Å². The number of hydrogen-bond donors (Lipinski definition) is 1. The SMILES string of the molecule is COc1ccccc1-c1cc(-c2ccccc2Cl)c(C#N)c(N)n1. The van der Waals surface area contributed by atoms with Gasteiger partial charge in [0.25, 0.3) is 0 Å². The van der Waals surface area contributed by atoms with Gasteiger partial charge in [0.15, 0.2) is 0 Å². The number of rotatable bonds is 3. The Hall–Kier alpha value is -3.03. The Balaban J connectivity index is 2.29. The number of ether oxygens (including phenoxy) is 1. The van der Waals surface area contributed by atoms with Crippen molar-refractivity contribution in [2.75, 3.05) is 12.8 Å². The number of anilines is 1. The number of pyridine rings is 1. The molecular formula is C19H14ClN3O. The van der Waals surface area contributed by atoms with Crippen molar-refractivity contribution in [1.82, 2.24) is 4.98 Å². The van der Waals surface area contributed by atoms with Crippen molar-refractivity contribution in [2.24, 2.45) is 0 Å². The van der Waals surface area contributed by atoms with Gasteiger partial charge in [0.2, 0.25) is 0 Å². The van der Waals surface area contributed by atoms with Gasteiger partial charge in [0.05, 0.1) is 12.8 Å². The highest BCUT2D eigenvalue weighted by Crippen LogP contribution is 2.37. The fourth-order valence-electron chi connectivity index (χ4n) is 2.57. The van der Waals surface area contributed by atoms with E-state index in [0.29, 0.717) is 27.6 Å². The van der Waals surface area contributed by atoms with E-state index in [4.69, 9.17) is 22.1 Å². The molecule has 0 aliphatic carbocycles. The molecule has 3 rings (SSSR count). The molecule has 0 fully saturated rings. The highest BCUT2D eigenvalue weighted by Gasteiger charge is 2.16. The zero-order chi connectivity index (χ0) is 17.1. The molecule has 0 spiro atoms. The Morgan fingerprint density at radius 2 is 1.71 bits per heavy atom. The van der Waals surface area contributed by atoms with E-state index in [1.807, 2.05) is 48.5 Å². The van der Waals surface area contributed by atoms with Crippen LogP contribution >= 0.6 is 11.6 Å². The van der Waals surface area contributed by atoms with Gasteiger partial charge in [-0.25, -0.2) is 4.98 Å². The van der Waals surface area contributed by atoms with E-state index in [1.165, 1.54) is 0 Å². The molecule has 0 amide bonds. The molecule has 0 radical (unpaired) electrons. The average Bonchev–Trinajstić information content (AvgIpc) is 2.61. The van der Waals surface area contributed by atoms with Crippen LogP contribution in [0.15, 0.2) is 54.6 Å². The van der Waals surface area contributed by atoms with Crippen LogP contribution in [0.4, 0.5) is 5.82 Å². The maximum atomic E-state index is 9.48. The molecule has 4 nitrogen and oxygen atoms in total. The predicted molar refractivity (Wildman–Crippen MR) is 95.8 cm³/mol. The van der Waals surface area contributed by atoms with E-state index >= 15 is 0 Å². The number of nitriles is 1. The Morgan fingerprint density at radius 1 is 1.04 bits per heavy atom. The first-order valence-electron chi connectivity index (χ1n) is 7.24. The molecule has 1 aromatic heterocycles. The number of nitrogens with zero attached hydrogens (tertiary/aromatic N) is 2. The normalized spacial score (nSPS) is 10.2. The van der Waals surface area contributed by atoms with Gasteiger partial charge in [-0.3, -0.25) is 0 Å². The third-order valence-electron chi connectivity index (χ3n) is 3.71. The maximum Gasteiger partial charge on any atom is 0.142 e. The number of aromatic nitrogens is 1. The van der Waals surface area contributed by atoms with Crippen LogP contribution in [0.3, 0.4) is 0 Å². The number of nitrogen functional groups attached to an aromatic ring is 1. The molecule has 0 bridgehead atoms. The van der Waals surface area contributed by atoms with Crippen molar-refractivity contribution < 1.29 is 4.74 Å². The van der Waals surface area contributed by atoms with Gasteiger partial charge in [0, 0.05) is 21.7 Å². The molecule has 0 saturated carbocycles. The maximum absolute atomic E-state index is 9.48. The van der Waals surface area contributed by atoms with Crippen LogP contribution in [0.25, 0.3) is 22.4 Å². The number of methoxy groups -OCH3 is 1. The van der Waals surface area contributed by atoms with Gasteiger partial charge in [-0.2, -0.15) is 5.26 Å². The van der Waals surface area contributed by atoms with Crippen molar-refractivity contribution in [3.05, 3.63) is 65.2 Å². The lowest BCUT2D eigenvalue weighted by atomic mass is 9.98. The summed E-state index contributed by atoms with van der Waals surface area (Å²) in [5.41, 5.74) is 9.14. The lowest BCUT2D eigenvalue weighted by Crippen LogP contribution is -2.00. The number of para-hydroxylation sites is 1. The molecule has 5 heteroatoms. The summed E-state index contributed by atoms with van der Waals surface area (Å²) < 4.78 is 5.39. The molecule has 1 heterocycles. The van der Waals surface area contributed by atoms with E-state index < -0.39 is 0 Å². The summed E-state index contributed by atoms with van der Waals surface area (Å²) >= 11 is 6.30. The van der Waals surface area contributed by atoms with Gasteiger partial charge in [-0.1, -0.05) is 41.9 Å². The molecule has 24 heavy (non-hydrogen) atoms. The summed E-state index contributed by atoms with van der Waals surface area (Å²) in [6.07, 6.45) is 0. The zero-order valence-electron chi connectivity index (χ0n) is 13.0. The molecule has 0 atom stereocenters. The van der Waals surface area contributed by atoms with Gasteiger partial charge in [-0.15, -0.1) is 0 Å². The van der Waals surface area contributed by atoms with E-state index in [2.05, 4.69) is 11.1 Å². The van der Waals surface area contributed by atoms with Crippen LogP contribution in [0.1, 0.15) is 5.56 Å². The number of hydrogen-bond acceptors (Lipinski definition) is 4. The third kappa shape index (κ3) is 2.78. The Morgan fingerprint density at radius 3 is 2.38 bits per heavy atom. The average molecular weight is 336 g/mol. The summed E-state index contributed by atoms with van der Waals surface area (Å²) in [4.78, 5) is 4.37. The number of nitrogens with two attached hydrogens (primary N) is 1. The Bertz CT molecular complexity index is 948. The second-order valence-corrected chi connectivity index (χ2v) is 5.51. The summed E-state index contributed by atoms with van der Waals surface area (Å²) in [6.45, 7) is 0. The molecule has 118 valence electrons. The first-order chi connectivity index (χ1) is 11.7. The minimum absolute atomic E-state index is 0.163. The van der Waals surface area contributed by atoms with Gasteiger partial charge in [-0.05, 0) is 24.3 Å². The molecule has 0 saturated heterocycles. The van der Waals surface area contributed by atoms with Crippen LogP contribution in [-0.2, 0) is 0 Å². The summed E-state index contributed by atoms with van der Waals surface area (Å²) in [7, 11) is 1.60. The Kier molecular flexibility index (Phi) is 4.37. The van der Waals surface area contributed by atoms with Crippen LogP contribution in [0.5, 0.6) is 5.75 Å². The minimum Gasteiger partial charge on any atom is -0.496 e. The molecule has 0 unspecified atom stereocenters. The fourth-order valence-corrected chi connectivity index (χ4v) is 2.81. The second kappa shape index (κ2) is 6.61. The van der Waals surface area contributed by atoms with Crippen LogP contribution in [0, 0.1) is 11.3 Å². The van der Waals surface area contributed by atoms with Crippen molar-refractivity contribution in [3.8, 4) is 34.2 Å². The zero-order valence-corrected chi connectivity index (χ0v) is 13.7. The van der Waals surface area contributed by atoms with E-state index in [-0.39, 0.29) is 5.82 Å². The van der Waals surface area contributed by atoms with Crippen molar-refractivity contribution >= 4 is 17.4 Å². The van der Waals surface area contributed by atoms with Crippen molar-refractivity contribution in [3.63, 3.8) is 0 Å². The fraction of sp³-hybridized carbons (Fsp3) is 0.0526. The van der Waals surface area contributed by atoms with Crippen LogP contribution in [-0.4, -0.2) is 12.1 Å². The second-order valence-electron chi connectivity index (χ2n) is 5.11. The van der Waals surface area contributed by atoms with Crippen molar-refractivity contribution in [2.45, 2.75) is 0 Å². The van der Waals surface area contributed by atoms with Gasteiger partial charge >= 0.3 is 0 Å². The highest BCUT2D eigenvalue weighted by atomic mass is 35.5. The smallest absolute Gasteiger partial charge is 0.142 e. The standard InChI is InChI=1S/C19H14ClN3O/c1-24-18-9-5-3-7-13(18)17-10-14(15(11-21)19(22)23-17)12-6-2-4-8-16(12)20/h2-10H,1H3,(H2,22,23). The molecular weight excluding hydrogens is 322 g/mol. The Labute approximate surface area is 145 Å². The minimum atomic E-state index is 0.163. The topological polar surface area (TPSA) is 71.9 Å². The number of halogens is 1. The van der Waals surface area contributed by atoms with Gasteiger partial charge in [0.1, 0.15) is 23.2 Å². The summed E-state index contributed by atoms with van der Waals surface area (Å²) in [5, 5.41) is 10.0. The van der Waals surface area contributed by atoms with Crippen LogP contribution in [0.2, 0.25) is 5.02 Å². The highest BCUT2D eigenvalue weighted by molar-refractivity contribution is 6.33. The quantitative estimate of drug-likeness (QED) is 0.763. The largest absolute Gasteiger partial charge is 0.496 e. The first kappa shape index (κ1) is 15.9. The molecule has 2 aromatic carbocycles. The molecule has 3 aromatic rings. The van der Waals surface area contributed by atoms with Crippen molar-refractivity contribution in [1.29, 1.82) is 5.26 Å². The number of benzene rings is 2. The molecule has 2 N–H and O–H groups in total. The lowest BCUT2D eigenvalue weighted by Gasteiger charge is -2.13. The monoisotopic (exact) mass is 335 g/mol.